The lowest BCUT2D eigenvalue weighted by Crippen LogP contribution is -2.15. The number of aromatic nitrogens is 3. The van der Waals surface area contributed by atoms with Crippen LogP contribution in [-0.2, 0) is 13.6 Å². The molecule has 1 fully saturated rings. The van der Waals surface area contributed by atoms with E-state index in [1.807, 2.05) is 19.2 Å². The Labute approximate surface area is 121 Å². The van der Waals surface area contributed by atoms with Crippen LogP contribution in [0, 0.1) is 0 Å². The van der Waals surface area contributed by atoms with Crippen LogP contribution in [0.2, 0.25) is 5.02 Å². The van der Waals surface area contributed by atoms with Gasteiger partial charge in [-0.2, -0.15) is 5.10 Å². The minimum absolute atomic E-state index is 0.714. The lowest BCUT2D eigenvalue weighted by atomic mass is 10.2. The van der Waals surface area contributed by atoms with E-state index in [4.69, 9.17) is 11.6 Å². The van der Waals surface area contributed by atoms with Crippen LogP contribution in [0.15, 0.2) is 34.6 Å². The van der Waals surface area contributed by atoms with Crippen molar-refractivity contribution in [1.29, 1.82) is 0 Å². The highest BCUT2D eigenvalue weighted by molar-refractivity contribution is 7.99. The fourth-order valence-corrected chi connectivity index (χ4v) is 2.85. The van der Waals surface area contributed by atoms with E-state index >= 15 is 0 Å². The van der Waals surface area contributed by atoms with E-state index in [-0.39, 0.29) is 0 Å². The molecule has 1 aromatic carbocycles. The molecule has 2 aromatic rings. The average Bonchev–Trinajstić information content (AvgIpc) is 3.14. The topological polar surface area (TPSA) is 42.7 Å². The SMILES string of the molecule is Cn1ncnc1Sc1ccc(CNC2CC2)cc1Cl. The van der Waals surface area contributed by atoms with Gasteiger partial charge >= 0.3 is 0 Å². The highest BCUT2D eigenvalue weighted by Gasteiger charge is 2.20. The van der Waals surface area contributed by atoms with Gasteiger partial charge < -0.3 is 5.32 Å². The van der Waals surface area contributed by atoms with Gasteiger partial charge in [-0.1, -0.05) is 17.7 Å². The van der Waals surface area contributed by atoms with E-state index in [0.717, 1.165) is 21.6 Å². The van der Waals surface area contributed by atoms with Crippen molar-refractivity contribution in [2.75, 3.05) is 0 Å². The van der Waals surface area contributed by atoms with Crippen LogP contribution in [-0.4, -0.2) is 20.8 Å². The minimum Gasteiger partial charge on any atom is -0.310 e. The van der Waals surface area contributed by atoms with Gasteiger partial charge in [-0.3, -0.25) is 0 Å². The second kappa shape index (κ2) is 5.53. The van der Waals surface area contributed by atoms with Crippen molar-refractivity contribution in [2.45, 2.75) is 35.5 Å². The third-order valence-corrected chi connectivity index (χ3v) is 4.59. The van der Waals surface area contributed by atoms with Gasteiger partial charge in [-0.25, -0.2) is 9.67 Å². The smallest absolute Gasteiger partial charge is 0.190 e. The quantitative estimate of drug-likeness (QED) is 0.921. The van der Waals surface area contributed by atoms with Gasteiger partial charge in [0.2, 0.25) is 0 Å². The first-order chi connectivity index (χ1) is 9.22. The Hall–Kier alpha value is -1.04. The highest BCUT2D eigenvalue weighted by Crippen LogP contribution is 2.32. The molecule has 1 saturated carbocycles. The molecule has 0 spiro atoms. The molecule has 1 N–H and O–H groups in total. The number of benzene rings is 1. The fourth-order valence-electron chi connectivity index (χ4n) is 1.76. The molecular weight excluding hydrogens is 280 g/mol. The van der Waals surface area contributed by atoms with E-state index < -0.39 is 0 Å². The summed E-state index contributed by atoms with van der Waals surface area (Å²) in [4.78, 5) is 5.19. The van der Waals surface area contributed by atoms with Crippen molar-refractivity contribution in [3.05, 3.63) is 35.1 Å². The van der Waals surface area contributed by atoms with Crippen molar-refractivity contribution in [3.8, 4) is 0 Å². The Kier molecular flexibility index (Phi) is 3.77. The minimum atomic E-state index is 0.714. The maximum Gasteiger partial charge on any atom is 0.190 e. The van der Waals surface area contributed by atoms with Crippen LogP contribution in [0.1, 0.15) is 18.4 Å². The van der Waals surface area contributed by atoms with Gasteiger partial charge in [0, 0.05) is 24.5 Å². The third kappa shape index (κ3) is 3.29. The second-order valence-electron chi connectivity index (χ2n) is 4.69. The maximum atomic E-state index is 6.32. The monoisotopic (exact) mass is 294 g/mol. The molecule has 1 aliphatic carbocycles. The zero-order chi connectivity index (χ0) is 13.2. The summed E-state index contributed by atoms with van der Waals surface area (Å²) in [6.07, 6.45) is 4.14. The summed E-state index contributed by atoms with van der Waals surface area (Å²) in [6.45, 7) is 0.888. The van der Waals surface area contributed by atoms with Crippen LogP contribution >= 0.6 is 23.4 Å². The van der Waals surface area contributed by atoms with Gasteiger partial charge in [-0.15, -0.1) is 0 Å². The predicted octanol–water partition coefficient (Wildman–Crippen LogP) is 2.87. The first-order valence-corrected chi connectivity index (χ1v) is 7.45. The van der Waals surface area contributed by atoms with Crippen LogP contribution in [0.5, 0.6) is 0 Å². The molecule has 0 radical (unpaired) electrons. The Bertz CT molecular complexity index is 580. The van der Waals surface area contributed by atoms with E-state index in [2.05, 4.69) is 21.5 Å². The van der Waals surface area contributed by atoms with Gasteiger partial charge in [0.05, 0.1) is 5.02 Å². The highest BCUT2D eigenvalue weighted by atomic mass is 35.5. The summed E-state index contributed by atoms with van der Waals surface area (Å²) in [5.41, 5.74) is 1.22. The number of hydrogen-bond acceptors (Lipinski definition) is 4. The first-order valence-electron chi connectivity index (χ1n) is 6.26. The van der Waals surface area contributed by atoms with Gasteiger partial charge in [0.1, 0.15) is 6.33 Å². The molecule has 4 nitrogen and oxygen atoms in total. The van der Waals surface area contributed by atoms with Gasteiger partial charge in [0.25, 0.3) is 0 Å². The zero-order valence-electron chi connectivity index (χ0n) is 10.6. The summed E-state index contributed by atoms with van der Waals surface area (Å²) in [7, 11) is 1.87. The lowest BCUT2D eigenvalue weighted by molar-refractivity contribution is 0.684. The molecule has 1 aromatic heterocycles. The van der Waals surface area contributed by atoms with Crippen LogP contribution < -0.4 is 5.32 Å². The van der Waals surface area contributed by atoms with Crippen LogP contribution in [0.3, 0.4) is 0 Å². The second-order valence-corrected chi connectivity index (χ2v) is 6.10. The normalized spacial score (nSPS) is 14.8. The molecule has 0 saturated heterocycles. The Morgan fingerprint density at radius 1 is 1.47 bits per heavy atom. The van der Waals surface area contributed by atoms with Crippen molar-refractivity contribution < 1.29 is 0 Å². The molecule has 0 amide bonds. The molecule has 1 aliphatic rings. The molecule has 1 heterocycles. The van der Waals surface area contributed by atoms with E-state index in [0.29, 0.717) is 6.04 Å². The van der Waals surface area contributed by atoms with Gasteiger partial charge in [-0.05, 0) is 42.3 Å². The largest absolute Gasteiger partial charge is 0.310 e. The fraction of sp³-hybridized carbons (Fsp3) is 0.385. The van der Waals surface area contributed by atoms with Crippen LogP contribution in [0.4, 0.5) is 0 Å². The van der Waals surface area contributed by atoms with Crippen molar-refractivity contribution in [3.63, 3.8) is 0 Å². The van der Waals surface area contributed by atoms with E-state index in [1.54, 1.807) is 11.0 Å². The molecule has 0 bridgehead atoms. The molecule has 0 aliphatic heterocycles. The molecule has 3 rings (SSSR count). The molecular formula is C13H15ClN4S. The summed E-state index contributed by atoms with van der Waals surface area (Å²) in [6, 6.07) is 6.90. The number of aryl methyl sites for hydroxylation is 1. The number of nitrogens with zero attached hydrogens (tertiary/aromatic N) is 3. The summed E-state index contributed by atoms with van der Waals surface area (Å²) < 4.78 is 1.74. The summed E-state index contributed by atoms with van der Waals surface area (Å²) >= 11 is 7.85. The summed E-state index contributed by atoms with van der Waals surface area (Å²) in [5.74, 6) is 0. The third-order valence-electron chi connectivity index (χ3n) is 3.04. The molecule has 0 atom stereocenters. The van der Waals surface area contributed by atoms with E-state index in [9.17, 15) is 0 Å². The Morgan fingerprint density at radius 2 is 2.32 bits per heavy atom. The van der Waals surface area contributed by atoms with Crippen molar-refractivity contribution in [2.24, 2.45) is 7.05 Å². The van der Waals surface area contributed by atoms with Crippen LogP contribution in [0.25, 0.3) is 0 Å². The van der Waals surface area contributed by atoms with Crippen molar-refractivity contribution >= 4 is 23.4 Å². The molecule has 100 valence electrons. The number of halogens is 1. The standard InChI is InChI=1S/C13H15ClN4S/c1-18-13(16-8-17-18)19-12-5-2-9(6-11(12)14)7-15-10-3-4-10/h2,5-6,8,10,15H,3-4,7H2,1H3. The first kappa shape index (κ1) is 13.0. The Balaban J connectivity index is 1.70. The van der Waals surface area contributed by atoms with E-state index in [1.165, 1.54) is 30.2 Å². The maximum absolute atomic E-state index is 6.32. The van der Waals surface area contributed by atoms with Crippen molar-refractivity contribution in [1.82, 2.24) is 20.1 Å². The van der Waals surface area contributed by atoms with Gasteiger partial charge in [0.15, 0.2) is 5.16 Å². The lowest BCUT2D eigenvalue weighted by Gasteiger charge is -2.07. The molecule has 6 heteroatoms. The zero-order valence-corrected chi connectivity index (χ0v) is 12.2. The summed E-state index contributed by atoms with van der Waals surface area (Å²) in [5, 5.41) is 9.14. The average molecular weight is 295 g/mol. The Morgan fingerprint density at radius 3 is 2.95 bits per heavy atom. The number of rotatable bonds is 5. The molecule has 0 unspecified atom stereocenters. The molecule has 19 heavy (non-hydrogen) atoms. The predicted molar refractivity (Wildman–Crippen MR) is 76.4 cm³/mol. The number of hydrogen-bond donors (Lipinski definition) is 1. The number of nitrogens with one attached hydrogen (secondary N) is 1.